The van der Waals surface area contributed by atoms with Gasteiger partial charge in [-0.05, 0) is 39.0 Å². The van der Waals surface area contributed by atoms with Gasteiger partial charge in [-0.2, -0.15) is 0 Å². The van der Waals surface area contributed by atoms with E-state index in [-0.39, 0.29) is 11.9 Å². The molecule has 0 aliphatic heterocycles. The van der Waals surface area contributed by atoms with Crippen LogP contribution in [0.3, 0.4) is 0 Å². The van der Waals surface area contributed by atoms with Gasteiger partial charge in [-0.15, -0.1) is 0 Å². The van der Waals surface area contributed by atoms with Crippen molar-refractivity contribution in [3.63, 3.8) is 0 Å². The fraction of sp³-hybridized carbons (Fsp3) is 0.429. The minimum Gasteiger partial charge on any atom is -0.465 e. The molecule has 0 bridgehead atoms. The second-order valence-electron chi connectivity index (χ2n) is 4.66. The van der Waals surface area contributed by atoms with Gasteiger partial charge in [0.1, 0.15) is 5.76 Å². The number of amides is 1. The molecule has 0 unspecified atom stereocenters. The lowest BCUT2D eigenvalue weighted by Gasteiger charge is -2.19. The molecule has 1 amide bonds. The van der Waals surface area contributed by atoms with Gasteiger partial charge in [-0.1, -0.05) is 0 Å². The van der Waals surface area contributed by atoms with Crippen molar-refractivity contribution in [2.45, 2.75) is 27.7 Å². The van der Waals surface area contributed by atoms with Gasteiger partial charge in [-0.3, -0.25) is 9.59 Å². The van der Waals surface area contributed by atoms with E-state index in [2.05, 4.69) is 5.32 Å². The lowest BCUT2D eigenvalue weighted by molar-refractivity contribution is -0.150. The van der Waals surface area contributed by atoms with Crippen LogP contribution in [-0.2, 0) is 14.3 Å². The summed E-state index contributed by atoms with van der Waals surface area (Å²) in [4.78, 5) is 23.1. The molecule has 1 aromatic heterocycles. The largest absolute Gasteiger partial charge is 0.465 e. The molecular formula is C14H19NO4. The van der Waals surface area contributed by atoms with Crippen LogP contribution < -0.4 is 5.32 Å². The molecule has 104 valence electrons. The topological polar surface area (TPSA) is 68.5 Å². The first-order valence-corrected chi connectivity index (χ1v) is 6.08. The van der Waals surface area contributed by atoms with E-state index in [1.54, 1.807) is 39.0 Å². The maximum atomic E-state index is 11.8. The Kier molecular flexibility index (Phi) is 4.92. The second-order valence-corrected chi connectivity index (χ2v) is 4.66. The summed E-state index contributed by atoms with van der Waals surface area (Å²) in [6.07, 6.45) is 3.13. The van der Waals surface area contributed by atoms with E-state index in [0.29, 0.717) is 18.1 Å². The first-order chi connectivity index (χ1) is 8.86. The molecule has 0 saturated heterocycles. The zero-order chi connectivity index (χ0) is 14.5. The number of nitrogens with one attached hydrogen (secondary N) is 1. The van der Waals surface area contributed by atoms with E-state index < -0.39 is 5.41 Å². The molecule has 1 heterocycles. The summed E-state index contributed by atoms with van der Waals surface area (Å²) < 4.78 is 10.3. The summed E-state index contributed by atoms with van der Waals surface area (Å²) in [5.74, 6) is -0.0979. The Labute approximate surface area is 112 Å². The Morgan fingerprint density at radius 3 is 2.63 bits per heavy atom. The maximum Gasteiger partial charge on any atom is 0.315 e. The summed E-state index contributed by atoms with van der Waals surface area (Å²) in [5, 5.41) is 2.66. The summed E-state index contributed by atoms with van der Waals surface area (Å²) in [6.45, 7) is 6.89. The van der Waals surface area contributed by atoms with Crippen molar-refractivity contribution < 1.29 is 18.7 Å². The highest BCUT2D eigenvalue weighted by Crippen LogP contribution is 2.25. The average Bonchev–Trinajstić information content (AvgIpc) is 2.80. The molecule has 0 fully saturated rings. The summed E-state index contributed by atoms with van der Waals surface area (Å²) in [7, 11) is 0. The molecule has 0 aliphatic rings. The molecule has 5 heteroatoms. The second kappa shape index (κ2) is 6.22. The van der Waals surface area contributed by atoms with Crippen molar-refractivity contribution in [1.82, 2.24) is 5.32 Å². The smallest absolute Gasteiger partial charge is 0.315 e. The van der Waals surface area contributed by atoms with Crippen LogP contribution in [0.15, 0.2) is 28.9 Å². The normalized spacial score (nSPS) is 12.1. The molecule has 0 aliphatic carbocycles. The molecule has 0 atom stereocenters. The zero-order valence-electron chi connectivity index (χ0n) is 11.6. The number of hydrogen-bond acceptors (Lipinski definition) is 4. The van der Waals surface area contributed by atoms with Crippen molar-refractivity contribution in [3.8, 4) is 0 Å². The van der Waals surface area contributed by atoms with Crippen molar-refractivity contribution in [2.75, 3.05) is 6.61 Å². The van der Waals surface area contributed by atoms with Gasteiger partial charge in [0.15, 0.2) is 0 Å². The first-order valence-electron chi connectivity index (χ1n) is 6.08. The van der Waals surface area contributed by atoms with Crippen LogP contribution in [0.1, 0.15) is 33.5 Å². The van der Waals surface area contributed by atoms with Gasteiger partial charge < -0.3 is 14.5 Å². The van der Waals surface area contributed by atoms with Crippen molar-refractivity contribution in [3.05, 3.63) is 30.2 Å². The predicted octanol–water partition coefficient (Wildman–Crippen LogP) is 2.35. The van der Waals surface area contributed by atoms with Crippen LogP contribution in [0.4, 0.5) is 0 Å². The number of carbonyl (C=O) groups excluding carboxylic acids is 2. The SMILES string of the molecule is CCOC(=O)C(C)(C)/C=C(\NC(C)=O)c1ccco1. The van der Waals surface area contributed by atoms with Crippen molar-refractivity contribution >= 4 is 17.6 Å². The molecule has 1 aromatic rings. The molecule has 19 heavy (non-hydrogen) atoms. The number of furan rings is 1. The summed E-state index contributed by atoms with van der Waals surface area (Å²) in [6, 6.07) is 3.42. The third-order valence-corrected chi connectivity index (χ3v) is 2.40. The van der Waals surface area contributed by atoms with Gasteiger partial charge >= 0.3 is 5.97 Å². The Balaban J connectivity index is 3.06. The maximum absolute atomic E-state index is 11.8. The zero-order valence-corrected chi connectivity index (χ0v) is 11.6. The van der Waals surface area contributed by atoms with E-state index in [4.69, 9.17) is 9.15 Å². The Morgan fingerprint density at radius 2 is 2.16 bits per heavy atom. The molecule has 1 rings (SSSR count). The van der Waals surface area contributed by atoms with E-state index in [9.17, 15) is 9.59 Å². The van der Waals surface area contributed by atoms with E-state index in [1.165, 1.54) is 13.2 Å². The van der Waals surface area contributed by atoms with Crippen LogP contribution in [0, 0.1) is 5.41 Å². The number of hydrogen-bond donors (Lipinski definition) is 1. The molecular weight excluding hydrogens is 246 g/mol. The van der Waals surface area contributed by atoms with Crippen molar-refractivity contribution in [1.29, 1.82) is 0 Å². The lowest BCUT2D eigenvalue weighted by Crippen LogP contribution is -2.27. The highest BCUT2D eigenvalue weighted by Gasteiger charge is 2.28. The van der Waals surface area contributed by atoms with Gasteiger partial charge in [0.05, 0.1) is 24.0 Å². The van der Waals surface area contributed by atoms with Crippen LogP contribution in [0.2, 0.25) is 0 Å². The molecule has 5 nitrogen and oxygen atoms in total. The van der Waals surface area contributed by atoms with Crippen LogP contribution in [0.25, 0.3) is 5.70 Å². The van der Waals surface area contributed by atoms with Gasteiger partial charge in [0.2, 0.25) is 5.91 Å². The van der Waals surface area contributed by atoms with Gasteiger partial charge in [-0.25, -0.2) is 0 Å². The third kappa shape index (κ3) is 4.28. The molecule has 0 aromatic carbocycles. The van der Waals surface area contributed by atoms with E-state index in [0.717, 1.165) is 0 Å². The minimum absolute atomic E-state index is 0.234. The summed E-state index contributed by atoms with van der Waals surface area (Å²) >= 11 is 0. The molecule has 1 N–H and O–H groups in total. The van der Waals surface area contributed by atoms with Crippen LogP contribution in [0.5, 0.6) is 0 Å². The van der Waals surface area contributed by atoms with E-state index in [1.807, 2.05) is 0 Å². The average molecular weight is 265 g/mol. The molecule has 0 radical (unpaired) electrons. The van der Waals surface area contributed by atoms with Gasteiger partial charge in [0, 0.05) is 6.92 Å². The first kappa shape index (κ1) is 15.0. The van der Waals surface area contributed by atoms with Gasteiger partial charge in [0.25, 0.3) is 0 Å². The Morgan fingerprint density at radius 1 is 1.47 bits per heavy atom. The van der Waals surface area contributed by atoms with Crippen LogP contribution in [-0.4, -0.2) is 18.5 Å². The van der Waals surface area contributed by atoms with Crippen molar-refractivity contribution in [2.24, 2.45) is 5.41 Å². The quantitative estimate of drug-likeness (QED) is 0.830. The number of esters is 1. The fourth-order valence-electron chi connectivity index (χ4n) is 1.53. The highest BCUT2D eigenvalue weighted by atomic mass is 16.5. The minimum atomic E-state index is -0.861. The lowest BCUT2D eigenvalue weighted by atomic mass is 9.92. The fourth-order valence-corrected chi connectivity index (χ4v) is 1.53. The third-order valence-electron chi connectivity index (χ3n) is 2.40. The number of ether oxygens (including phenoxy) is 1. The monoisotopic (exact) mass is 265 g/mol. The standard InChI is InChI=1S/C14H19NO4/c1-5-18-13(17)14(3,4)9-11(15-10(2)16)12-7-6-8-19-12/h6-9H,5H2,1-4H3,(H,15,16)/b11-9-. The van der Waals surface area contributed by atoms with Crippen LogP contribution >= 0.6 is 0 Å². The summed E-state index contributed by atoms with van der Waals surface area (Å²) in [5.41, 5.74) is -0.406. The molecule has 0 spiro atoms. The van der Waals surface area contributed by atoms with E-state index >= 15 is 0 Å². The molecule has 0 saturated carbocycles. The number of carbonyl (C=O) groups is 2. The predicted molar refractivity (Wildman–Crippen MR) is 70.9 cm³/mol. The number of rotatable bonds is 5. The Hall–Kier alpha value is -2.04. The highest BCUT2D eigenvalue weighted by molar-refractivity contribution is 5.87. The Bertz CT molecular complexity index is 472.